The van der Waals surface area contributed by atoms with Gasteiger partial charge in [0.25, 0.3) is 10.0 Å². The molecule has 1 fully saturated rings. The Morgan fingerprint density at radius 1 is 0.745 bits per heavy atom. The molecule has 0 radical (unpaired) electrons. The van der Waals surface area contributed by atoms with E-state index in [2.05, 4.69) is 5.32 Å². The third-order valence-corrected chi connectivity index (χ3v) is 10.8. The predicted molar refractivity (Wildman–Crippen MR) is 188 cm³/mol. The Morgan fingerprint density at radius 3 is 2.02 bits per heavy atom. The second-order valence-electron chi connectivity index (χ2n) is 11.6. The highest BCUT2D eigenvalue weighted by Crippen LogP contribution is 2.28. The first-order valence-corrected chi connectivity index (χ1v) is 18.1. The Hall–Kier alpha value is -3.56. The zero-order valence-corrected chi connectivity index (χ0v) is 28.8. The summed E-state index contributed by atoms with van der Waals surface area (Å²) in [5, 5.41) is 4.41. The van der Waals surface area contributed by atoms with Crippen LogP contribution in [0.15, 0.2) is 108 Å². The molecule has 1 saturated carbocycles. The van der Waals surface area contributed by atoms with Crippen LogP contribution in [0.1, 0.15) is 43.2 Å². The van der Waals surface area contributed by atoms with Gasteiger partial charge in [-0.2, -0.15) is 0 Å². The van der Waals surface area contributed by atoms with Crippen molar-refractivity contribution in [1.82, 2.24) is 10.2 Å². The summed E-state index contributed by atoms with van der Waals surface area (Å²) in [4.78, 5) is 30.2. The molecular formula is C36H36Cl3N3O4S. The van der Waals surface area contributed by atoms with Crippen LogP contribution in [0.5, 0.6) is 0 Å². The van der Waals surface area contributed by atoms with Gasteiger partial charge in [0.15, 0.2) is 0 Å². The minimum Gasteiger partial charge on any atom is -0.352 e. The molecule has 4 aromatic rings. The van der Waals surface area contributed by atoms with Crippen LogP contribution in [-0.2, 0) is 32.6 Å². The summed E-state index contributed by atoms with van der Waals surface area (Å²) in [6, 6.07) is 27.6. The van der Waals surface area contributed by atoms with E-state index in [0.717, 1.165) is 47.5 Å². The predicted octanol–water partition coefficient (Wildman–Crippen LogP) is 7.93. The highest BCUT2D eigenvalue weighted by atomic mass is 35.5. The highest BCUT2D eigenvalue weighted by molar-refractivity contribution is 7.92. The first-order valence-electron chi connectivity index (χ1n) is 15.5. The summed E-state index contributed by atoms with van der Waals surface area (Å²) in [7, 11) is -4.27. The number of benzene rings is 4. The molecule has 0 spiro atoms. The summed E-state index contributed by atoms with van der Waals surface area (Å²) in [6.07, 6.45) is 5.16. The Kier molecular flexibility index (Phi) is 11.9. The number of nitrogens with zero attached hydrogens (tertiary/aromatic N) is 2. The lowest BCUT2D eigenvalue weighted by Gasteiger charge is -2.35. The molecule has 1 aliphatic rings. The molecule has 5 rings (SSSR count). The number of rotatable bonds is 12. The van der Waals surface area contributed by atoms with Crippen LogP contribution in [0, 0.1) is 0 Å². The molecule has 11 heteroatoms. The van der Waals surface area contributed by atoms with Crippen LogP contribution in [0.4, 0.5) is 5.69 Å². The zero-order valence-electron chi connectivity index (χ0n) is 25.7. The Balaban J connectivity index is 1.56. The molecular weight excluding hydrogens is 677 g/mol. The van der Waals surface area contributed by atoms with Gasteiger partial charge in [0, 0.05) is 34.1 Å². The minimum absolute atomic E-state index is 0.00949. The average molecular weight is 713 g/mol. The lowest BCUT2D eigenvalue weighted by atomic mass is 9.94. The molecule has 1 N–H and O–H groups in total. The van der Waals surface area contributed by atoms with Gasteiger partial charge in [0.2, 0.25) is 11.8 Å². The minimum atomic E-state index is -4.27. The maximum absolute atomic E-state index is 14.6. The summed E-state index contributed by atoms with van der Waals surface area (Å²) < 4.78 is 29.3. The van der Waals surface area contributed by atoms with Crippen LogP contribution in [0.25, 0.3) is 0 Å². The van der Waals surface area contributed by atoms with E-state index in [9.17, 15) is 18.0 Å². The summed E-state index contributed by atoms with van der Waals surface area (Å²) >= 11 is 18.5. The van der Waals surface area contributed by atoms with Crippen LogP contribution < -0.4 is 9.62 Å². The number of sulfonamides is 1. The van der Waals surface area contributed by atoms with Gasteiger partial charge >= 0.3 is 0 Å². The summed E-state index contributed by atoms with van der Waals surface area (Å²) in [5.41, 5.74) is 1.81. The van der Waals surface area contributed by atoms with Crippen molar-refractivity contribution in [3.63, 3.8) is 0 Å². The van der Waals surface area contributed by atoms with Crippen molar-refractivity contribution in [3.8, 4) is 0 Å². The van der Waals surface area contributed by atoms with E-state index in [1.807, 2.05) is 30.3 Å². The number of anilines is 1. The second kappa shape index (κ2) is 16.0. The lowest BCUT2D eigenvalue weighted by molar-refractivity contribution is -0.140. The Labute approximate surface area is 291 Å². The molecule has 7 nitrogen and oxygen atoms in total. The van der Waals surface area contributed by atoms with Gasteiger partial charge in [-0.25, -0.2) is 8.42 Å². The fraction of sp³-hybridized carbons (Fsp3) is 0.278. The number of nitrogens with one attached hydrogen (secondary N) is 1. The number of halogens is 3. The number of carbonyl (C=O) groups excluding carboxylic acids is 2. The molecule has 4 aromatic carbocycles. The molecule has 2 amide bonds. The molecule has 1 aliphatic carbocycles. The summed E-state index contributed by atoms with van der Waals surface area (Å²) in [6.45, 7) is -0.531. The van der Waals surface area contributed by atoms with E-state index in [-0.39, 0.29) is 35.5 Å². The standard InChI is InChI=1S/C36H36Cl3N3O4S/c37-28-16-14-27(15-17-28)24-41(34(22-26-8-3-1-4-9-26)36(44)40-31-11-5-2-6-12-31)35(43)25-42(32-13-7-10-30(39)23-32)47(45,46)33-20-18-29(38)19-21-33/h1,3-4,7-10,13-21,23,31,34H,2,5-6,11-12,22,24-25H2,(H,40,44)/t34-/m1/s1. The molecule has 1 atom stereocenters. The zero-order chi connectivity index (χ0) is 33.4. The third-order valence-electron chi connectivity index (χ3n) is 8.27. The van der Waals surface area contributed by atoms with Crippen molar-refractivity contribution >= 4 is 62.3 Å². The van der Waals surface area contributed by atoms with Crippen molar-refractivity contribution in [2.75, 3.05) is 10.8 Å². The van der Waals surface area contributed by atoms with E-state index in [1.165, 1.54) is 35.2 Å². The molecule has 0 heterocycles. The van der Waals surface area contributed by atoms with E-state index >= 15 is 0 Å². The van der Waals surface area contributed by atoms with Gasteiger partial charge in [-0.15, -0.1) is 0 Å². The molecule has 47 heavy (non-hydrogen) atoms. The highest BCUT2D eigenvalue weighted by Gasteiger charge is 2.35. The number of hydrogen-bond acceptors (Lipinski definition) is 4. The molecule has 0 aromatic heterocycles. The molecule has 0 saturated heterocycles. The van der Waals surface area contributed by atoms with E-state index in [4.69, 9.17) is 34.8 Å². The van der Waals surface area contributed by atoms with Gasteiger partial charge in [-0.3, -0.25) is 13.9 Å². The monoisotopic (exact) mass is 711 g/mol. The third kappa shape index (κ3) is 9.29. The van der Waals surface area contributed by atoms with Crippen molar-refractivity contribution in [1.29, 1.82) is 0 Å². The maximum atomic E-state index is 14.6. The van der Waals surface area contributed by atoms with E-state index < -0.39 is 28.5 Å². The van der Waals surface area contributed by atoms with Crippen molar-refractivity contribution in [2.45, 2.75) is 62.0 Å². The largest absolute Gasteiger partial charge is 0.352 e. The molecule has 0 bridgehead atoms. The summed E-state index contributed by atoms with van der Waals surface area (Å²) in [5.74, 6) is -0.838. The van der Waals surface area contributed by atoms with Gasteiger partial charge in [-0.05, 0) is 78.6 Å². The van der Waals surface area contributed by atoms with Gasteiger partial charge < -0.3 is 10.2 Å². The van der Waals surface area contributed by atoms with Gasteiger partial charge in [0.05, 0.1) is 10.6 Å². The quantitative estimate of drug-likeness (QED) is 0.162. The van der Waals surface area contributed by atoms with E-state index in [1.54, 1.807) is 42.5 Å². The maximum Gasteiger partial charge on any atom is 0.264 e. The van der Waals surface area contributed by atoms with Crippen LogP contribution in [0.3, 0.4) is 0 Å². The fourth-order valence-corrected chi connectivity index (χ4v) is 7.62. The van der Waals surface area contributed by atoms with Crippen LogP contribution in [-0.4, -0.2) is 43.8 Å². The van der Waals surface area contributed by atoms with Crippen molar-refractivity contribution in [3.05, 3.63) is 129 Å². The van der Waals surface area contributed by atoms with Crippen LogP contribution >= 0.6 is 34.8 Å². The Morgan fingerprint density at radius 2 is 1.38 bits per heavy atom. The van der Waals surface area contributed by atoms with Gasteiger partial charge in [0.1, 0.15) is 12.6 Å². The lowest BCUT2D eigenvalue weighted by Crippen LogP contribution is -2.55. The fourth-order valence-electron chi connectivity index (χ4n) is 5.78. The smallest absolute Gasteiger partial charge is 0.264 e. The first-order chi connectivity index (χ1) is 22.6. The SMILES string of the molecule is O=C(NC1CCCCC1)[C@@H](Cc1ccccc1)N(Cc1ccc(Cl)cc1)C(=O)CN(c1cccc(Cl)c1)S(=O)(=O)c1ccc(Cl)cc1. The molecule has 0 unspecified atom stereocenters. The number of amides is 2. The second-order valence-corrected chi connectivity index (χ2v) is 14.8. The number of hydrogen-bond donors (Lipinski definition) is 1. The topological polar surface area (TPSA) is 86.8 Å². The van der Waals surface area contributed by atoms with Gasteiger partial charge in [-0.1, -0.05) is 103 Å². The van der Waals surface area contributed by atoms with Crippen molar-refractivity contribution < 1.29 is 18.0 Å². The average Bonchev–Trinajstić information content (AvgIpc) is 3.07. The van der Waals surface area contributed by atoms with Crippen molar-refractivity contribution in [2.24, 2.45) is 0 Å². The first kappa shape index (κ1) is 34.8. The molecule has 0 aliphatic heterocycles. The Bertz CT molecular complexity index is 1770. The van der Waals surface area contributed by atoms with E-state index in [0.29, 0.717) is 15.1 Å². The number of carbonyl (C=O) groups is 2. The molecule has 246 valence electrons. The van der Waals surface area contributed by atoms with Crippen LogP contribution in [0.2, 0.25) is 15.1 Å². The normalized spacial score (nSPS) is 14.3.